The summed E-state index contributed by atoms with van der Waals surface area (Å²) in [6, 6.07) is 8.32. The Morgan fingerprint density at radius 1 is 1.21 bits per heavy atom. The van der Waals surface area contributed by atoms with Crippen LogP contribution in [0.4, 0.5) is 0 Å². The Bertz CT molecular complexity index is 627. The SMILES string of the molecule is CCOc1ccc(C2(CNC(=O)C3CCCCC3(C)N)CCOCC2)cc1.Cl. The minimum absolute atomic E-state index is 0. The van der Waals surface area contributed by atoms with E-state index in [-0.39, 0.29) is 29.6 Å². The average Bonchev–Trinajstić information content (AvgIpc) is 2.67. The van der Waals surface area contributed by atoms with Gasteiger partial charge in [-0.05, 0) is 57.2 Å². The second-order valence-electron chi connectivity index (χ2n) is 8.37. The zero-order valence-electron chi connectivity index (χ0n) is 17.2. The lowest BCUT2D eigenvalue weighted by Gasteiger charge is -2.40. The number of amides is 1. The third-order valence-corrected chi connectivity index (χ3v) is 6.40. The minimum Gasteiger partial charge on any atom is -0.494 e. The van der Waals surface area contributed by atoms with Crippen LogP contribution in [0.15, 0.2) is 24.3 Å². The molecule has 1 aliphatic heterocycles. The molecule has 0 radical (unpaired) electrons. The molecule has 3 rings (SSSR count). The Hall–Kier alpha value is -1.30. The van der Waals surface area contributed by atoms with E-state index in [1.807, 2.05) is 26.0 Å². The molecular formula is C22H35ClN2O3. The number of hydrogen-bond donors (Lipinski definition) is 2. The first kappa shape index (κ1) is 23.0. The maximum absolute atomic E-state index is 12.9. The lowest BCUT2D eigenvalue weighted by molar-refractivity contribution is -0.128. The van der Waals surface area contributed by atoms with Gasteiger partial charge in [0.15, 0.2) is 0 Å². The molecule has 1 aliphatic carbocycles. The van der Waals surface area contributed by atoms with Gasteiger partial charge in [0, 0.05) is 30.7 Å². The van der Waals surface area contributed by atoms with Gasteiger partial charge in [-0.2, -0.15) is 0 Å². The molecule has 1 amide bonds. The first-order chi connectivity index (χ1) is 13.0. The highest BCUT2D eigenvalue weighted by Gasteiger charge is 2.40. The number of nitrogens with two attached hydrogens (primary N) is 1. The average molecular weight is 411 g/mol. The van der Waals surface area contributed by atoms with Crippen molar-refractivity contribution in [2.75, 3.05) is 26.4 Å². The molecule has 0 spiro atoms. The molecule has 0 aromatic heterocycles. The second-order valence-corrected chi connectivity index (χ2v) is 8.37. The number of carbonyl (C=O) groups excluding carboxylic acids is 1. The molecule has 1 heterocycles. The van der Waals surface area contributed by atoms with E-state index in [0.29, 0.717) is 13.2 Å². The molecule has 0 bridgehead atoms. The summed E-state index contributed by atoms with van der Waals surface area (Å²) < 4.78 is 11.2. The number of nitrogens with one attached hydrogen (secondary N) is 1. The summed E-state index contributed by atoms with van der Waals surface area (Å²) in [5, 5.41) is 3.25. The summed E-state index contributed by atoms with van der Waals surface area (Å²) in [4.78, 5) is 12.9. The van der Waals surface area contributed by atoms with Crippen molar-refractivity contribution < 1.29 is 14.3 Å². The summed E-state index contributed by atoms with van der Waals surface area (Å²) in [6.07, 6.45) is 5.82. The smallest absolute Gasteiger partial charge is 0.224 e. The molecule has 1 aromatic rings. The molecule has 1 aromatic carbocycles. The predicted octanol–water partition coefficient (Wildman–Crippen LogP) is 3.58. The Morgan fingerprint density at radius 3 is 2.50 bits per heavy atom. The monoisotopic (exact) mass is 410 g/mol. The predicted molar refractivity (Wildman–Crippen MR) is 114 cm³/mol. The van der Waals surface area contributed by atoms with Crippen molar-refractivity contribution >= 4 is 18.3 Å². The van der Waals surface area contributed by atoms with Crippen molar-refractivity contribution in [3.8, 4) is 5.75 Å². The van der Waals surface area contributed by atoms with E-state index >= 15 is 0 Å². The Balaban J connectivity index is 0.00000280. The van der Waals surface area contributed by atoms with Crippen LogP contribution < -0.4 is 15.8 Å². The first-order valence-corrected chi connectivity index (χ1v) is 10.3. The molecule has 2 fully saturated rings. The fourth-order valence-corrected chi connectivity index (χ4v) is 4.57. The molecule has 1 saturated carbocycles. The number of halogens is 1. The molecule has 5 nitrogen and oxygen atoms in total. The normalized spacial score (nSPS) is 26.8. The number of carbonyl (C=O) groups is 1. The van der Waals surface area contributed by atoms with Gasteiger partial charge in [0.25, 0.3) is 0 Å². The van der Waals surface area contributed by atoms with E-state index in [4.69, 9.17) is 15.2 Å². The van der Waals surface area contributed by atoms with Gasteiger partial charge in [-0.15, -0.1) is 12.4 Å². The zero-order chi connectivity index (χ0) is 19.3. The van der Waals surface area contributed by atoms with Crippen molar-refractivity contribution in [3.63, 3.8) is 0 Å². The highest BCUT2D eigenvalue weighted by atomic mass is 35.5. The summed E-state index contributed by atoms with van der Waals surface area (Å²) in [5.41, 5.74) is 7.19. The number of benzene rings is 1. The van der Waals surface area contributed by atoms with Gasteiger partial charge in [-0.3, -0.25) is 4.79 Å². The maximum atomic E-state index is 12.9. The highest BCUT2D eigenvalue weighted by molar-refractivity contribution is 5.85. The van der Waals surface area contributed by atoms with E-state index in [2.05, 4.69) is 17.4 Å². The molecule has 1 saturated heterocycles. The van der Waals surface area contributed by atoms with E-state index in [1.165, 1.54) is 5.56 Å². The number of hydrogen-bond acceptors (Lipinski definition) is 4. The van der Waals surface area contributed by atoms with E-state index in [1.54, 1.807) is 0 Å². The van der Waals surface area contributed by atoms with E-state index in [0.717, 1.165) is 57.5 Å². The molecule has 28 heavy (non-hydrogen) atoms. The Kier molecular flexibility index (Phi) is 8.17. The fourth-order valence-electron chi connectivity index (χ4n) is 4.57. The largest absolute Gasteiger partial charge is 0.494 e. The van der Waals surface area contributed by atoms with Crippen LogP contribution in [0, 0.1) is 5.92 Å². The summed E-state index contributed by atoms with van der Waals surface area (Å²) in [7, 11) is 0. The third kappa shape index (κ3) is 5.19. The topological polar surface area (TPSA) is 73.6 Å². The maximum Gasteiger partial charge on any atom is 0.224 e. The second kappa shape index (κ2) is 9.95. The van der Waals surface area contributed by atoms with Crippen molar-refractivity contribution in [2.45, 2.75) is 63.3 Å². The van der Waals surface area contributed by atoms with Crippen molar-refractivity contribution in [1.82, 2.24) is 5.32 Å². The standard InChI is InChI=1S/C22H34N2O3.ClH/c1-3-27-18-9-7-17(8-10-18)22(12-14-26-15-13-22)16-24-20(25)19-6-4-5-11-21(19,2)23;/h7-10,19H,3-6,11-16,23H2,1-2H3,(H,24,25);1H. The van der Waals surface area contributed by atoms with Crippen LogP contribution in [-0.4, -0.2) is 37.8 Å². The van der Waals surface area contributed by atoms with Crippen molar-refractivity contribution in [2.24, 2.45) is 11.7 Å². The number of rotatable bonds is 6. The minimum atomic E-state index is -0.398. The molecule has 158 valence electrons. The van der Waals surface area contributed by atoms with Gasteiger partial charge in [0.05, 0.1) is 12.5 Å². The van der Waals surface area contributed by atoms with Crippen LogP contribution >= 0.6 is 12.4 Å². The molecule has 2 unspecified atom stereocenters. The van der Waals surface area contributed by atoms with Gasteiger partial charge in [0.2, 0.25) is 5.91 Å². The van der Waals surface area contributed by atoms with Crippen LogP contribution in [0.2, 0.25) is 0 Å². The zero-order valence-corrected chi connectivity index (χ0v) is 18.0. The van der Waals surface area contributed by atoms with E-state index < -0.39 is 5.54 Å². The number of ether oxygens (including phenoxy) is 2. The molecular weight excluding hydrogens is 376 g/mol. The lowest BCUT2D eigenvalue weighted by atomic mass is 9.72. The lowest BCUT2D eigenvalue weighted by Crippen LogP contribution is -2.54. The van der Waals surface area contributed by atoms with Crippen LogP contribution in [0.3, 0.4) is 0 Å². The van der Waals surface area contributed by atoms with E-state index in [9.17, 15) is 4.79 Å². The third-order valence-electron chi connectivity index (χ3n) is 6.40. The molecule has 2 aliphatic rings. The molecule has 3 N–H and O–H groups in total. The van der Waals surface area contributed by atoms with Gasteiger partial charge in [-0.1, -0.05) is 25.0 Å². The van der Waals surface area contributed by atoms with Crippen LogP contribution in [0.5, 0.6) is 5.75 Å². The van der Waals surface area contributed by atoms with Gasteiger partial charge in [-0.25, -0.2) is 0 Å². The van der Waals surface area contributed by atoms with Gasteiger partial charge in [0.1, 0.15) is 5.75 Å². The summed E-state index contributed by atoms with van der Waals surface area (Å²) in [5.74, 6) is 0.897. The summed E-state index contributed by atoms with van der Waals surface area (Å²) in [6.45, 7) is 6.75. The Labute approximate surface area is 175 Å². The van der Waals surface area contributed by atoms with Gasteiger partial charge < -0.3 is 20.5 Å². The Morgan fingerprint density at radius 2 is 1.89 bits per heavy atom. The highest BCUT2D eigenvalue weighted by Crippen LogP contribution is 2.36. The fraction of sp³-hybridized carbons (Fsp3) is 0.682. The molecule has 2 atom stereocenters. The van der Waals surface area contributed by atoms with Crippen molar-refractivity contribution in [1.29, 1.82) is 0 Å². The quantitative estimate of drug-likeness (QED) is 0.751. The van der Waals surface area contributed by atoms with Gasteiger partial charge >= 0.3 is 0 Å². The first-order valence-electron chi connectivity index (χ1n) is 10.3. The van der Waals surface area contributed by atoms with Crippen LogP contribution in [-0.2, 0) is 14.9 Å². The van der Waals surface area contributed by atoms with Crippen LogP contribution in [0.25, 0.3) is 0 Å². The van der Waals surface area contributed by atoms with Crippen LogP contribution in [0.1, 0.15) is 57.9 Å². The summed E-state index contributed by atoms with van der Waals surface area (Å²) >= 11 is 0. The van der Waals surface area contributed by atoms with Crippen molar-refractivity contribution in [3.05, 3.63) is 29.8 Å². The molecule has 6 heteroatoms.